The van der Waals surface area contributed by atoms with Crippen molar-refractivity contribution in [1.82, 2.24) is 9.62 Å². The minimum absolute atomic E-state index is 0.0164. The number of nitrogens with one attached hydrogen (secondary N) is 1. The summed E-state index contributed by atoms with van der Waals surface area (Å²) in [5.41, 5.74) is 7.04. The average Bonchev–Trinajstić information content (AvgIpc) is 2.42. The molecule has 21 heavy (non-hydrogen) atoms. The molecule has 1 aromatic carbocycles. The Labute approximate surface area is 127 Å². The number of nitrogens with zero attached hydrogens (tertiary/aromatic N) is 1. The van der Waals surface area contributed by atoms with Gasteiger partial charge in [0.2, 0.25) is 10.0 Å². The van der Waals surface area contributed by atoms with Crippen molar-refractivity contribution in [1.29, 1.82) is 0 Å². The Morgan fingerprint density at radius 1 is 1.43 bits per heavy atom. The molecule has 0 bridgehead atoms. The molecule has 1 heterocycles. The third-order valence-electron chi connectivity index (χ3n) is 4.18. The van der Waals surface area contributed by atoms with E-state index in [1.54, 1.807) is 18.2 Å². The highest BCUT2D eigenvalue weighted by Gasteiger charge is 2.29. The number of piperidine rings is 1. The Kier molecular flexibility index (Phi) is 4.91. The fraction of sp³-hybridized carbons (Fsp3) is 0.600. The van der Waals surface area contributed by atoms with Crippen molar-refractivity contribution in [2.75, 3.05) is 25.9 Å². The number of nitrogen functional groups attached to an aromatic ring is 1. The second kappa shape index (κ2) is 6.34. The summed E-state index contributed by atoms with van der Waals surface area (Å²) in [6.45, 7) is 5.85. The molecule has 6 heteroatoms. The van der Waals surface area contributed by atoms with Crippen LogP contribution in [-0.4, -0.2) is 39.5 Å². The summed E-state index contributed by atoms with van der Waals surface area (Å²) in [5, 5.41) is 0. The molecule has 0 amide bonds. The zero-order valence-corrected chi connectivity index (χ0v) is 13.8. The number of hydrogen-bond acceptors (Lipinski definition) is 4. The summed E-state index contributed by atoms with van der Waals surface area (Å²) < 4.78 is 28.2. The smallest absolute Gasteiger partial charge is 0.241 e. The molecule has 1 fully saturated rings. The fourth-order valence-corrected chi connectivity index (χ4v) is 4.63. The third-order valence-corrected chi connectivity index (χ3v) is 5.75. The SMILES string of the molecule is CCc1ccc(N)cc1S(=O)(=O)NC1CCN(C)CC1C. The largest absolute Gasteiger partial charge is 0.399 e. The lowest BCUT2D eigenvalue weighted by molar-refractivity contribution is 0.188. The van der Waals surface area contributed by atoms with Crippen molar-refractivity contribution in [3.63, 3.8) is 0 Å². The molecule has 1 aliphatic heterocycles. The average molecular weight is 311 g/mol. The van der Waals surface area contributed by atoms with Gasteiger partial charge in [0.1, 0.15) is 0 Å². The lowest BCUT2D eigenvalue weighted by Crippen LogP contribution is -2.48. The Morgan fingerprint density at radius 3 is 2.76 bits per heavy atom. The van der Waals surface area contributed by atoms with Crippen molar-refractivity contribution in [2.24, 2.45) is 5.92 Å². The van der Waals surface area contributed by atoms with Gasteiger partial charge < -0.3 is 10.6 Å². The van der Waals surface area contributed by atoms with Crippen LogP contribution in [0, 0.1) is 5.92 Å². The second-order valence-corrected chi connectivity index (χ2v) is 7.66. The minimum Gasteiger partial charge on any atom is -0.399 e. The van der Waals surface area contributed by atoms with Gasteiger partial charge >= 0.3 is 0 Å². The van der Waals surface area contributed by atoms with Crippen LogP contribution in [0.1, 0.15) is 25.8 Å². The molecular formula is C15H25N3O2S. The molecular weight excluding hydrogens is 286 g/mol. The van der Waals surface area contributed by atoms with Gasteiger partial charge in [-0.3, -0.25) is 0 Å². The summed E-state index contributed by atoms with van der Waals surface area (Å²) in [7, 11) is -1.46. The highest BCUT2D eigenvalue weighted by Crippen LogP contribution is 2.23. The van der Waals surface area contributed by atoms with Gasteiger partial charge in [-0.2, -0.15) is 0 Å². The summed E-state index contributed by atoms with van der Waals surface area (Å²) in [5.74, 6) is 0.296. The molecule has 1 saturated heterocycles. The van der Waals surface area contributed by atoms with Gasteiger partial charge in [0.15, 0.2) is 0 Å². The van der Waals surface area contributed by atoms with Crippen molar-refractivity contribution >= 4 is 15.7 Å². The van der Waals surface area contributed by atoms with Crippen LogP contribution in [0.5, 0.6) is 0 Å². The molecule has 0 saturated carbocycles. The van der Waals surface area contributed by atoms with E-state index in [4.69, 9.17) is 5.73 Å². The van der Waals surface area contributed by atoms with E-state index in [1.807, 2.05) is 6.92 Å². The first-order valence-electron chi connectivity index (χ1n) is 7.42. The van der Waals surface area contributed by atoms with Gasteiger partial charge in [0.05, 0.1) is 4.90 Å². The molecule has 0 spiro atoms. The van der Waals surface area contributed by atoms with Gasteiger partial charge in [0, 0.05) is 18.3 Å². The Hall–Kier alpha value is -1.11. The second-order valence-electron chi connectivity index (χ2n) is 5.98. The maximum Gasteiger partial charge on any atom is 0.241 e. The van der Waals surface area contributed by atoms with E-state index < -0.39 is 10.0 Å². The highest BCUT2D eigenvalue weighted by molar-refractivity contribution is 7.89. The standard InChI is InChI=1S/C15H25N3O2S/c1-4-12-5-6-13(16)9-15(12)21(19,20)17-14-7-8-18(3)10-11(14)2/h5-6,9,11,14,17H,4,7-8,10,16H2,1-3H3. The molecule has 2 atom stereocenters. The number of likely N-dealkylation sites (tertiary alicyclic amines) is 1. The maximum atomic E-state index is 12.7. The van der Waals surface area contributed by atoms with Crippen molar-refractivity contribution in [3.05, 3.63) is 23.8 Å². The van der Waals surface area contributed by atoms with Crippen LogP contribution in [0.3, 0.4) is 0 Å². The topological polar surface area (TPSA) is 75.4 Å². The van der Waals surface area contributed by atoms with Gasteiger partial charge in [0.25, 0.3) is 0 Å². The molecule has 0 aromatic heterocycles. The maximum absolute atomic E-state index is 12.7. The lowest BCUT2D eigenvalue weighted by atomic mass is 9.95. The number of aryl methyl sites for hydroxylation is 1. The van der Waals surface area contributed by atoms with E-state index in [0.717, 1.165) is 25.1 Å². The van der Waals surface area contributed by atoms with Gasteiger partial charge in [-0.05, 0) is 50.0 Å². The predicted octanol–water partition coefficient (Wildman–Crippen LogP) is 1.45. The van der Waals surface area contributed by atoms with E-state index in [9.17, 15) is 8.42 Å². The fourth-order valence-electron chi connectivity index (χ4n) is 2.91. The predicted molar refractivity (Wildman–Crippen MR) is 85.6 cm³/mol. The van der Waals surface area contributed by atoms with Crippen LogP contribution < -0.4 is 10.5 Å². The zero-order valence-electron chi connectivity index (χ0n) is 13.0. The number of sulfonamides is 1. The van der Waals surface area contributed by atoms with Crippen LogP contribution >= 0.6 is 0 Å². The van der Waals surface area contributed by atoms with Gasteiger partial charge in [-0.15, -0.1) is 0 Å². The van der Waals surface area contributed by atoms with E-state index in [-0.39, 0.29) is 6.04 Å². The number of benzene rings is 1. The van der Waals surface area contributed by atoms with E-state index in [1.165, 1.54) is 0 Å². The molecule has 1 aromatic rings. The first-order valence-corrected chi connectivity index (χ1v) is 8.91. The first kappa shape index (κ1) is 16.3. The number of hydrogen-bond donors (Lipinski definition) is 2. The van der Waals surface area contributed by atoms with Gasteiger partial charge in [-0.25, -0.2) is 13.1 Å². The monoisotopic (exact) mass is 311 g/mol. The van der Waals surface area contributed by atoms with Crippen LogP contribution in [0.2, 0.25) is 0 Å². The molecule has 0 radical (unpaired) electrons. The molecule has 5 nitrogen and oxygen atoms in total. The number of rotatable bonds is 4. The number of nitrogens with two attached hydrogens (primary N) is 1. The number of anilines is 1. The Balaban J connectivity index is 2.24. The van der Waals surface area contributed by atoms with Crippen LogP contribution in [-0.2, 0) is 16.4 Å². The normalized spacial score (nSPS) is 24.1. The molecule has 1 aliphatic rings. The zero-order chi connectivity index (χ0) is 15.6. The molecule has 3 N–H and O–H groups in total. The van der Waals surface area contributed by atoms with Crippen LogP contribution in [0.15, 0.2) is 23.1 Å². The summed E-state index contributed by atoms with van der Waals surface area (Å²) in [6.07, 6.45) is 1.50. The molecule has 2 rings (SSSR count). The van der Waals surface area contributed by atoms with Crippen molar-refractivity contribution < 1.29 is 8.42 Å². The molecule has 118 valence electrons. The summed E-state index contributed by atoms with van der Waals surface area (Å²) in [4.78, 5) is 2.55. The third kappa shape index (κ3) is 3.75. The quantitative estimate of drug-likeness (QED) is 0.825. The lowest BCUT2D eigenvalue weighted by Gasteiger charge is -2.35. The molecule has 0 aliphatic carbocycles. The van der Waals surface area contributed by atoms with E-state index >= 15 is 0 Å². The van der Waals surface area contributed by atoms with E-state index in [2.05, 4.69) is 23.6 Å². The van der Waals surface area contributed by atoms with E-state index in [0.29, 0.717) is 22.9 Å². The van der Waals surface area contributed by atoms with Crippen molar-refractivity contribution in [2.45, 2.75) is 37.6 Å². The first-order chi connectivity index (χ1) is 9.83. The minimum atomic E-state index is -3.52. The van der Waals surface area contributed by atoms with Crippen molar-refractivity contribution in [3.8, 4) is 0 Å². The van der Waals surface area contributed by atoms with Crippen LogP contribution in [0.4, 0.5) is 5.69 Å². The highest BCUT2D eigenvalue weighted by atomic mass is 32.2. The van der Waals surface area contributed by atoms with Crippen LogP contribution in [0.25, 0.3) is 0 Å². The molecule has 2 unspecified atom stereocenters. The summed E-state index contributed by atoms with van der Waals surface area (Å²) in [6, 6.07) is 5.08. The Bertz CT molecular complexity index is 601. The summed E-state index contributed by atoms with van der Waals surface area (Å²) >= 11 is 0. The van der Waals surface area contributed by atoms with Gasteiger partial charge in [-0.1, -0.05) is 19.9 Å². The Morgan fingerprint density at radius 2 is 2.14 bits per heavy atom.